The SMILES string of the molecule is COc1cc(/C=N/NC(=O)COc2ccc(Cl)cc2)cc(Br)c1O. The number of phenols is 1. The fourth-order valence-electron chi connectivity index (χ4n) is 1.71. The van der Waals surface area contributed by atoms with Crippen molar-refractivity contribution in [1.29, 1.82) is 0 Å². The molecule has 0 unspecified atom stereocenters. The predicted octanol–water partition coefficient (Wildman–Crippen LogP) is 3.35. The summed E-state index contributed by atoms with van der Waals surface area (Å²) in [7, 11) is 1.44. The monoisotopic (exact) mass is 412 g/mol. The van der Waals surface area contributed by atoms with Crippen LogP contribution in [0.15, 0.2) is 46.0 Å². The number of aromatic hydroxyl groups is 1. The molecule has 8 heteroatoms. The van der Waals surface area contributed by atoms with Crippen molar-refractivity contribution in [2.24, 2.45) is 5.10 Å². The van der Waals surface area contributed by atoms with Crippen molar-refractivity contribution in [2.45, 2.75) is 0 Å². The van der Waals surface area contributed by atoms with Gasteiger partial charge in [-0.1, -0.05) is 11.6 Å². The summed E-state index contributed by atoms with van der Waals surface area (Å²) in [5, 5.41) is 14.1. The zero-order chi connectivity index (χ0) is 17.5. The van der Waals surface area contributed by atoms with Gasteiger partial charge in [0, 0.05) is 5.02 Å². The standard InChI is InChI=1S/C16H14BrClN2O4/c1-23-14-7-10(6-13(17)16(14)22)8-19-20-15(21)9-24-12-4-2-11(18)3-5-12/h2-8,22H,9H2,1H3,(H,20,21)/b19-8+. The Morgan fingerprint density at radius 3 is 2.75 bits per heavy atom. The molecule has 2 aromatic rings. The minimum absolute atomic E-state index is 0.00458. The first kappa shape index (κ1) is 18.1. The predicted molar refractivity (Wildman–Crippen MR) is 95.0 cm³/mol. The molecule has 2 rings (SSSR count). The number of ether oxygens (including phenoxy) is 2. The molecule has 6 nitrogen and oxygen atoms in total. The number of nitrogens with zero attached hydrogens (tertiary/aromatic N) is 1. The van der Waals surface area contributed by atoms with Crippen LogP contribution < -0.4 is 14.9 Å². The van der Waals surface area contributed by atoms with E-state index >= 15 is 0 Å². The van der Waals surface area contributed by atoms with E-state index in [0.717, 1.165) is 0 Å². The summed E-state index contributed by atoms with van der Waals surface area (Å²) >= 11 is 8.97. The van der Waals surface area contributed by atoms with Crippen LogP contribution in [-0.4, -0.2) is 30.9 Å². The second-order valence-corrected chi connectivity index (χ2v) is 5.88. The van der Waals surface area contributed by atoms with E-state index in [2.05, 4.69) is 26.5 Å². The molecule has 0 aliphatic heterocycles. The molecule has 0 atom stereocenters. The number of hydrogen-bond acceptors (Lipinski definition) is 5. The van der Waals surface area contributed by atoms with Crippen molar-refractivity contribution in [3.63, 3.8) is 0 Å². The highest BCUT2D eigenvalue weighted by atomic mass is 79.9. The molecular formula is C16H14BrClN2O4. The Kier molecular flexibility index (Phi) is 6.45. The number of benzene rings is 2. The molecule has 1 amide bonds. The van der Waals surface area contributed by atoms with Crippen molar-refractivity contribution in [2.75, 3.05) is 13.7 Å². The van der Waals surface area contributed by atoms with Gasteiger partial charge in [-0.3, -0.25) is 4.79 Å². The second-order valence-electron chi connectivity index (χ2n) is 4.59. The topological polar surface area (TPSA) is 80.2 Å². The van der Waals surface area contributed by atoms with Crippen molar-refractivity contribution < 1.29 is 19.4 Å². The van der Waals surface area contributed by atoms with Gasteiger partial charge in [0.05, 0.1) is 17.8 Å². The molecule has 0 spiro atoms. The van der Waals surface area contributed by atoms with Gasteiger partial charge in [-0.05, 0) is 57.9 Å². The lowest BCUT2D eigenvalue weighted by Gasteiger charge is -2.06. The lowest BCUT2D eigenvalue weighted by molar-refractivity contribution is -0.123. The number of hydrazone groups is 1. The van der Waals surface area contributed by atoms with E-state index in [0.29, 0.717) is 26.6 Å². The fraction of sp³-hybridized carbons (Fsp3) is 0.125. The van der Waals surface area contributed by atoms with Crippen LogP contribution in [0.3, 0.4) is 0 Å². The zero-order valence-corrected chi connectivity index (χ0v) is 15.0. The van der Waals surface area contributed by atoms with Gasteiger partial charge in [-0.25, -0.2) is 5.43 Å². The van der Waals surface area contributed by atoms with Crippen molar-refractivity contribution >= 4 is 39.7 Å². The van der Waals surface area contributed by atoms with Gasteiger partial charge in [-0.15, -0.1) is 0 Å². The van der Waals surface area contributed by atoms with Gasteiger partial charge in [0.25, 0.3) is 5.91 Å². The van der Waals surface area contributed by atoms with E-state index in [4.69, 9.17) is 21.1 Å². The molecule has 126 valence electrons. The number of hydrogen-bond donors (Lipinski definition) is 2. The van der Waals surface area contributed by atoms with Gasteiger partial charge in [0.2, 0.25) is 0 Å². The summed E-state index contributed by atoms with van der Waals surface area (Å²) in [6, 6.07) is 9.89. The van der Waals surface area contributed by atoms with Crippen molar-refractivity contribution in [3.8, 4) is 17.2 Å². The average Bonchev–Trinajstić information content (AvgIpc) is 2.57. The molecule has 0 aromatic heterocycles. The largest absolute Gasteiger partial charge is 0.503 e. The number of amides is 1. The summed E-state index contributed by atoms with van der Waals surface area (Å²) in [6.07, 6.45) is 1.42. The zero-order valence-electron chi connectivity index (χ0n) is 12.6. The first-order valence-electron chi connectivity index (χ1n) is 6.76. The van der Waals surface area contributed by atoms with Crippen LogP contribution >= 0.6 is 27.5 Å². The number of methoxy groups -OCH3 is 1. The summed E-state index contributed by atoms with van der Waals surface area (Å²) in [5.41, 5.74) is 2.98. The third kappa shape index (κ3) is 5.14. The van der Waals surface area contributed by atoms with E-state index in [1.54, 1.807) is 36.4 Å². The van der Waals surface area contributed by atoms with Gasteiger partial charge in [0.1, 0.15) is 5.75 Å². The van der Waals surface area contributed by atoms with Crippen LogP contribution in [0.1, 0.15) is 5.56 Å². The lowest BCUT2D eigenvalue weighted by atomic mass is 10.2. The third-order valence-corrected chi connectivity index (χ3v) is 3.71. The third-order valence-electron chi connectivity index (χ3n) is 2.86. The summed E-state index contributed by atoms with van der Waals surface area (Å²) in [4.78, 5) is 11.7. The highest BCUT2D eigenvalue weighted by Gasteiger charge is 2.07. The normalized spacial score (nSPS) is 10.6. The van der Waals surface area contributed by atoms with E-state index in [-0.39, 0.29) is 12.4 Å². The Labute approximate surface area is 152 Å². The Hall–Kier alpha value is -2.25. The Bertz CT molecular complexity index is 750. The van der Waals surface area contributed by atoms with E-state index in [1.165, 1.54) is 13.3 Å². The molecule has 0 fully saturated rings. The Balaban J connectivity index is 1.88. The highest BCUT2D eigenvalue weighted by Crippen LogP contribution is 2.34. The van der Waals surface area contributed by atoms with E-state index in [1.807, 2.05) is 0 Å². The smallest absolute Gasteiger partial charge is 0.277 e. The molecule has 0 saturated carbocycles. The fourth-order valence-corrected chi connectivity index (χ4v) is 2.30. The molecule has 0 aliphatic rings. The van der Waals surface area contributed by atoms with Gasteiger partial charge < -0.3 is 14.6 Å². The lowest BCUT2D eigenvalue weighted by Crippen LogP contribution is -2.24. The van der Waals surface area contributed by atoms with Crippen molar-refractivity contribution in [3.05, 3.63) is 51.5 Å². The van der Waals surface area contributed by atoms with Gasteiger partial charge in [-0.2, -0.15) is 5.10 Å². The maximum Gasteiger partial charge on any atom is 0.277 e. The van der Waals surface area contributed by atoms with Crippen LogP contribution in [-0.2, 0) is 4.79 Å². The molecule has 0 saturated heterocycles. The van der Waals surface area contributed by atoms with Gasteiger partial charge in [0.15, 0.2) is 18.1 Å². The summed E-state index contributed by atoms with van der Waals surface area (Å²) in [5.74, 6) is 0.412. The average molecular weight is 414 g/mol. The number of halogens is 2. The van der Waals surface area contributed by atoms with Crippen LogP contribution in [0.4, 0.5) is 0 Å². The minimum atomic E-state index is -0.411. The van der Waals surface area contributed by atoms with E-state index in [9.17, 15) is 9.90 Å². The molecular weight excluding hydrogens is 400 g/mol. The minimum Gasteiger partial charge on any atom is -0.503 e. The van der Waals surface area contributed by atoms with Crippen molar-refractivity contribution in [1.82, 2.24) is 5.43 Å². The second kappa shape index (κ2) is 8.56. The quantitative estimate of drug-likeness (QED) is 0.562. The molecule has 2 aromatic carbocycles. The summed E-state index contributed by atoms with van der Waals surface area (Å²) in [6.45, 7) is -0.179. The number of carbonyl (C=O) groups is 1. The Morgan fingerprint density at radius 2 is 2.08 bits per heavy atom. The van der Waals surface area contributed by atoms with Crippen LogP contribution in [0.5, 0.6) is 17.2 Å². The maximum absolute atomic E-state index is 11.7. The number of phenolic OH excluding ortho intramolecular Hbond substituents is 1. The molecule has 0 radical (unpaired) electrons. The number of rotatable bonds is 6. The first-order valence-corrected chi connectivity index (χ1v) is 7.93. The van der Waals surface area contributed by atoms with E-state index < -0.39 is 5.91 Å². The Morgan fingerprint density at radius 1 is 1.38 bits per heavy atom. The summed E-state index contributed by atoms with van der Waals surface area (Å²) < 4.78 is 10.8. The molecule has 24 heavy (non-hydrogen) atoms. The highest BCUT2D eigenvalue weighted by molar-refractivity contribution is 9.10. The van der Waals surface area contributed by atoms with Gasteiger partial charge >= 0.3 is 0 Å². The molecule has 0 bridgehead atoms. The molecule has 0 aliphatic carbocycles. The molecule has 2 N–H and O–H groups in total. The maximum atomic E-state index is 11.7. The first-order chi connectivity index (χ1) is 11.5. The number of carbonyl (C=O) groups excluding carboxylic acids is 1. The number of nitrogens with one attached hydrogen (secondary N) is 1. The molecule has 0 heterocycles. The van der Waals surface area contributed by atoms with Crippen LogP contribution in [0.25, 0.3) is 0 Å². The van der Waals surface area contributed by atoms with Crippen LogP contribution in [0, 0.1) is 0 Å². The van der Waals surface area contributed by atoms with Crippen LogP contribution in [0.2, 0.25) is 5.02 Å².